The average molecular weight is 627 g/mol. The third-order valence-electron chi connectivity index (χ3n) is 2.14. The van der Waals surface area contributed by atoms with Gasteiger partial charge in [-0.25, -0.2) is 39.7 Å². The fourth-order valence-electron chi connectivity index (χ4n) is 1.10. The Hall–Kier alpha value is -0.838. The van der Waals surface area contributed by atoms with Gasteiger partial charge in [0.25, 0.3) is 0 Å². The smallest absolute Gasteiger partial charge is 0.508 e. The highest BCUT2D eigenvalue weighted by molar-refractivity contribution is 9.10. The second kappa shape index (κ2) is 22.8. The van der Waals surface area contributed by atoms with Gasteiger partial charge in [0, 0.05) is 11.8 Å². The first-order valence-corrected chi connectivity index (χ1v) is 14.3. The molecule has 12 heteroatoms. The minimum Gasteiger partial charge on any atom is -0.508 e. The SMILES string of the molecule is Brc1ccco1.C#CC(=O)OC.COC(=O)c1cc(O)ccc1Br.[2H]CC.[Cl][Al]([Cl])[Cl]. The van der Waals surface area contributed by atoms with Gasteiger partial charge in [-0.3, -0.25) is 0 Å². The fraction of sp³-hybridized carbons (Fsp3) is 0.222. The zero-order valence-corrected chi connectivity index (χ0v) is 22.8. The van der Waals surface area contributed by atoms with Crippen molar-refractivity contribution in [3.05, 3.63) is 51.3 Å². The molecule has 0 aliphatic heterocycles. The predicted octanol–water partition coefficient (Wildman–Crippen LogP) is 6.49. The highest BCUT2D eigenvalue weighted by Crippen LogP contribution is 2.22. The number of ether oxygens (including phenoxy) is 2. The molecule has 1 aromatic carbocycles. The van der Waals surface area contributed by atoms with E-state index < -0.39 is 23.3 Å². The summed E-state index contributed by atoms with van der Waals surface area (Å²) in [5, 5.41) is 9.05. The summed E-state index contributed by atoms with van der Waals surface area (Å²) in [6.45, 7) is 2.29. The summed E-state index contributed by atoms with van der Waals surface area (Å²) in [5.41, 5.74) is 0.317. The third-order valence-corrected chi connectivity index (χ3v) is 3.29. The molecule has 0 radical (unpaired) electrons. The van der Waals surface area contributed by atoms with Gasteiger partial charge in [-0.1, -0.05) is 13.8 Å². The number of carbonyl (C=O) groups excluding carboxylic acids is 2. The molecule has 0 aliphatic carbocycles. The van der Waals surface area contributed by atoms with Crippen LogP contribution in [0.5, 0.6) is 5.75 Å². The molecule has 0 spiro atoms. The first-order chi connectivity index (χ1) is 14.5. The van der Waals surface area contributed by atoms with Gasteiger partial charge in [0.1, 0.15) is 5.75 Å². The number of rotatable bonds is 1. The van der Waals surface area contributed by atoms with Crippen LogP contribution in [0.3, 0.4) is 0 Å². The van der Waals surface area contributed by atoms with Crippen LogP contribution >= 0.6 is 62.0 Å². The maximum atomic E-state index is 11.0. The van der Waals surface area contributed by atoms with Crippen LogP contribution in [-0.2, 0) is 14.3 Å². The Bertz CT molecular complexity index is 771. The molecule has 0 fully saturated rings. The minimum absolute atomic E-state index is 0.0404. The first kappa shape index (κ1) is 31.3. The number of phenolic OH excluding ortho intramolecular Hbond substituents is 1. The molecular formula is C18H20AlBr2Cl3O6. The lowest BCUT2D eigenvalue weighted by Crippen LogP contribution is -2.01. The van der Waals surface area contributed by atoms with Crippen LogP contribution in [0.4, 0.5) is 0 Å². The van der Waals surface area contributed by atoms with Crippen LogP contribution in [-0.4, -0.2) is 42.6 Å². The van der Waals surface area contributed by atoms with Crippen LogP contribution in [0.25, 0.3) is 0 Å². The van der Waals surface area contributed by atoms with Crippen molar-refractivity contribution >= 4 is 85.3 Å². The molecule has 1 heterocycles. The number of furan rings is 1. The Kier molecular flexibility index (Phi) is 23.9. The Labute approximate surface area is 211 Å². The monoisotopic (exact) mass is 623 g/mol. The number of hydrogen-bond donors (Lipinski definition) is 1. The Morgan fingerprint density at radius 3 is 2.03 bits per heavy atom. The van der Waals surface area contributed by atoms with Crippen molar-refractivity contribution in [3.63, 3.8) is 0 Å². The highest BCUT2D eigenvalue weighted by atomic mass is 79.9. The standard InChI is InChI=1S/C8H7BrO3.C4H3BrO.C4H4O2.C2H6.Al.3ClH/c1-12-8(11)6-4-5(10)2-3-7(6)9;5-4-2-1-3-6-4;1-3-4(5)6-2;1-2;;;;/h2-4,10H,1H3;1-3H;1H,2H3;1-2H3;;3*1H/q;;;;+3;;;/p-3/i;;;1D;;;;. The van der Waals surface area contributed by atoms with Crippen molar-refractivity contribution in [1.29, 1.82) is 0 Å². The molecule has 2 rings (SSSR count). The van der Waals surface area contributed by atoms with Gasteiger partial charge in [0.15, 0.2) is 4.67 Å². The number of esters is 2. The van der Waals surface area contributed by atoms with Gasteiger partial charge >= 0.3 is 23.3 Å². The minimum atomic E-state index is -1.72. The molecule has 0 atom stereocenters. The van der Waals surface area contributed by atoms with E-state index >= 15 is 0 Å². The Morgan fingerprint density at radius 2 is 1.77 bits per heavy atom. The molecule has 0 amide bonds. The van der Waals surface area contributed by atoms with Crippen molar-refractivity contribution in [2.24, 2.45) is 0 Å². The van der Waals surface area contributed by atoms with E-state index in [-0.39, 0.29) is 5.75 Å². The number of methoxy groups -OCH3 is 2. The summed E-state index contributed by atoms with van der Waals surface area (Å²) in [6, 6.07) is 8.07. The number of benzene rings is 1. The normalized spacial score (nSPS) is 8.30. The molecule has 0 unspecified atom stereocenters. The van der Waals surface area contributed by atoms with Crippen LogP contribution < -0.4 is 0 Å². The van der Waals surface area contributed by atoms with E-state index in [9.17, 15) is 9.59 Å². The van der Waals surface area contributed by atoms with Crippen molar-refractivity contribution in [2.75, 3.05) is 14.2 Å². The summed E-state index contributed by atoms with van der Waals surface area (Å²) in [5.74, 6) is 0.690. The molecule has 6 nitrogen and oxygen atoms in total. The number of terminal acetylenes is 1. The zero-order chi connectivity index (χ0) is 24.8. The molecule has 1 N–H and O–H groups in total. The molecule has 0 aliphatic rings. The summed E-state index contributed by atoms with van der Waals surface area (Å²) in [4.78, 5) is 20.7. The lowest BCUT2D eigenvalue weighted by molar-refractivity contribution is -0.133. The van der Waals surface area contributed by atoms with Gasteiger partial charge in [0.05, 0.1) is 26.0 Å². The second-order valence-electron chi connectivity index (χ2n) is 3.96. The number of carbonyl (C=O) groups is 2. The van der Waals surface area contributed by atoms with E-state index in [0.29, 0.717) is 16.9 Å². The van der Waals surface area contributed by atoms with Crippen molar-refractivity contribution < 1.29 is 30.0 Å². The van der Waals surface area contributed by atoms with Crippen LogP contribution in [0.2, 0.25) is 0 Å². The maximum absolute atomic E-state index is 11.0. The first-order valence-electron chi connectivity index (χ1n) is 8.23. The van der Waals surface area contributed by atoms with E-state index in [4.69, 9.17) is 41.0 Å². The van der Waals surface area contributed by atoms with Crippen molar-refractivity contribution in [3.8, 4) is 18.1 Å². The number of hydrogen-bond acceptors (Lipinski definition) is 6. The molecule has 30 heavy (non-hydrogen) atoms. The van der Waals surface area contributed by atoms with Gasteiger partial charge in [0.2, 0.25) is 0 Å². The molecule has 1 aromatic heterocycles. The van der Waals surface area contributed by atoms with E-state index in [1.807, 2.05) is 12.1 Å². The van der Waals surface area contributed by atoms with E-state index in [1.165, 1.54) is 26.4 Å². The van der Waals surface area contributed by atoms with Crippen LogP contribution in [0.15, 0.2) is 50.2 Å². The molecule has 0 saturated carbocycles. The lowest BCUT2D eigenvalue weighted by Gasteiger charge is -2.01. The summed E-state index contributed by atoms with van der Waals surface area (Å²) < 4.78 is 20.9. The van der Waals surface area contributed by atoms with E-state index in [1.54, 1.807) is 25.2 Å². The fourth-order valence-corrected chi connectivity index (χ4v) is 1.77. The predicted molar refractivity (Wildman–Crippen MR) is 129 cm³/mol. The zero-order valence-electron chi connectivity index (χ0n) is 17.2. The number of halogens is 5. The molecular weight excluding hydrogens is 605 g/mol. The lowest BCUT2D eigenvalue weighted by atomic mass is 10.2. The van der Waals surface area contributed by atoms with Crippen molar-refractivity contribution in [1.82, 2.24) is 0 Å². The summed E-state index contributed by atoms with van der Waals surface area (Å²) in [6.07, 6.45) is 6.17. The van der Waals surface area contributed by atoms with Gasteiger partial charge in [-0.15, -0.1) is 6.42 Å². The topological polar surface area (TPSA) is 86.0 Å². The molecule has 0 bridgehead atoms. The summed E-state index contributed by atoms with van der Waals surface area (Å²) >= 11 is 4.55. The van der Waals surface area contributed by atoms with Gasteiger partial charge in [-0.2, -0.15) is 0 Å². The Balaban J connectivity index is -0.000000351. The molecule has 166 valence electrons. The number of aromatic hydroxyl groups is 1. The number of phenols is 1. The average Bonchev–Trinajstić information content (AvgIpc) is 3.20. The Morgan fingerprint density at radius 1 is 1.23 bits per heavy atom. The van der Waals surface area contributed by atoms with Crippen LogP contribution in [0.1, 0.15) is 25.6 Å². The second-order valence-corrected chi connectivity index (χ2v) is 12.0. The van der Waals surface area contributed by atoms with E-state index in [0.717, 1.165) is 4.67 Å². The highest BCUT2D eigenvalue weighted by Gasteiger charge is 2.10. The molecule has 2 aromatic rings. The molecule has 0 saturated heterocycles. The summed E-state index contributed by atoms with van der Waals surface area (Å²) in [7, 11) is 17.4. The van der Waals surface area contributed by atoms with Gasteiger partial charge < -0.3 is 19.0 Å². The van der Waals surface area contributed by atoms with Crippen molar-refractivity contribution in [2.45, 2.75) is 13.8 Å². The maximum Gasteiger partial charge on any atom is 0.643 e. The van der Waals surface area contributed by atoms with E-state index in [2.05, 4.69) is 47.8 Å². The largest absolute Gasteiger partial charge is 0.643 e. The quantitative estimate of drug-likeness (QED) is 0.169. The van der Waals surface area contributed by atoms with Crippen LogP contribution in [0, 0.1) is 12.3 Å². The third kappa shape index (κ3) is 21.9. The van der Waals surface area contributed by atoms with Gasteiger partial charge in [-0.05, 0) is 62.2 Å².